The van der Waals surface area contributed by atoms with Gasteiger partial charge in [-0.3, -0.25) is 10.1 Å². The van der Waals surface area contributed by atoms with E-state index in [1.165, 1.54) is 41.5 Å². The Bertz CT molecular complexity index is 1090. The van der Waals surface area contributed by atoms with Gasteiger partial charge in [-0.15, -0.1) is 16.4 Å². The third-order valence-electron chi connectivity index (χ3n) is 4.26. The van der Waals surface area contributed by atoms with Gasteiger partial charge in [-0.05, 0) is 24.6 Å². The Balaban J connectivity index is 1.55. The van der Waals surface area contributed by atoms with E-state index in [0.717, 1.165) is 0 Å². The van der Waals surface area contributed by atoms with E-state index in [1.54, 1.807) is 31.5 Å². The quantitative estimate of drug-likeness (QED) is 0.580. The van der Waals surface area contributed by atoms with Gasteiger partial charge in [0.15, 0.2) is 5.13 Å². The monoisotopic (exact) mass is 444 g/mol. The highest BCUT2D eigenvalue weighted by molar-refractivity contribution is 7.13. The van der Waals surface area contributed by atoms with Gasteiger partial charge in [0.1, 0.15) is 5.82 Å². The SMILES string of the molecule is COc1cc(C(=O)N(C)Cc2csc(NC(=O)NCc3cccc(F)c3)n2)c(C)nn1. The zero-order valence-electron chi connectivity index (χ0n) is 17.2. The number of ether oxygens (including phenoxy) is 1. The summed E-state index contributed by atoms with van der Waals surface area (Å²) >= 11 is 1.24. The molecule has 0 aliphatic rings. The summed E-state index contributed by atoms with van der Waals surface area (Å²) in [6.45, 7) is 2.12. The first-order valence-electron chi connectivity index (χ1n) is 9.23. The Morgan fingerprint density at radius 1 is 1.26 bits per heavy atom. The second kappa shape index (κ2) is 9.94. The number of hydrogen-bond donors (Lipinski definition) is 2. The molecule has 0 aliphatic heterocycles. The number of aryl methyl sites for hydroxylation is 1. The Morgan fingerprint density at radius 2 is 2.06 bits per heavy atom. The summed E-state index contributed by atoms with van der Waals surface area (Å²) in [5, 5.41) is 15.2. The summed E-state index contributed by atoms with van der Waals surface area (Å²) in [6.07, 6.45) is 0. The number of nitrogens with one attached hydrogen (secondary N) is 2. The lowest BCUT2D eigenvalue weighted by atomic mass is 10.2. The first-order chi connectivity index (χ1) is 14.9. The van der Waals surface area contributed by atoms with E-state index in [0.29, 0.717) is 27.6 Å². The van der Waals surface area contributed by atoms with Gasteiger partial charge in [0.25, 0.3) is 5.91 Å². The number of carbonyl (C=O) groups is 2. The van der Waals surface area contributed by atoms with E-state index < -0.39 is 6.03 Å². The maximum absolute atomic E-state index is 13.2. The van der Waals surface area contributed by atoms with E-state index in [4.69, 9.17) is 4.74 Å². The number of halogens is 1. The molecule has 0 bridgehead atoms. The van der Waals surface area contributed by atoms with Crippen molar-refractivity contribution < 1.29 is 18.7 Å². The average Bonchev–Trinajstić information content (AvgIpc) is 3.18. The highest BCUT2D eigenvalue weighted by atomic mass is 32.1. The highest BCUT2D eigenvalue weighted by Crippen LogP contribution is 2.18. The fraction of sp³-hybridized carbons (Fsp3) is 0.250. The molecule has 0 atom stereocenters. The third kappa shape index (κ3) is 5.95. The van der Waals surface area contributed by atoms with Crippen molar-refractivity contribution in [2.45, 2.75) is 20.0 Å². The van der Waals surface area contributed by atoms with Gasteiger partial charge in [-0.1, -0.05) is 12.1 Å². The Kier molecular flexibility index (Phi) is 7.08. The predicted molar refractivity (Wildman–Crippen MR) is 113 cm³/mol. The molecule has 3 rings (SSSR count). The number of anilines is 1. The maximum atomic E-state index is 13.2. The third-order valence-corrected chi connectivity index (χ3v) is 5.06. The lowest BCUT2D eigenvalue weighted by molar-refractivity contribution is 0.0781. The molecule has 0 aliphatic carbocycles. The second-order valence-electron chi connectivity index (χ2n) is 6.63. The van der Waals surface area contributed by atoms with Gasteiger partial charge in [0, 0.05) is 25.0 Å². The number of thiazole rings is 1. The molecular weight excluding hydrogens is 423 g/mol. The van der Waals surface area contributed by atoms with Gasteiger partial charge < -0.3 is 15.0 Å². The molecule has 3 aromatic rings. The Hall–Kier alpha value is -3.60. The van der Waals surface area contributed by atoms with Crippen molar-refractivity contribution in [3.05, 3.63) is 64.0 Å². The molecule has 3 amide bonds. The minimum atomic E-state index is -0.458. The molecule has 162 valence electrons. The standard InChI is InChI=1S/C20H21FN6O3S/c1-12-16(8-17(30-3)26-25-12)18(28)27(2)10-15-11-31-20(23-15)24-19(29)22-9-13-5-4-6-14(21)7-13/h4-8,11H,9-10H2,1-3H3,(H2,22,23,24,29). The van der Waals surface area contributed by atoms with Crippen molar-refractivity contribution in [3.8, 4) is 5.88 Å². The lowest BCUT2D eigenvalue weighted by Gasteiger charge is -2.17. The molecule has 31 heavy (non-hydrogen) atoms. The van der Waals surface area contributed by atoms with Crippen LogP contribution >= 0.6 is 11.3 Å². The van der Waals surface area contributed by atoms with Crippen LogP contribution in [0.1, 0.15) is 27.3 Å². The van der Waals surface area contributed by atoms with Crippen LogP contribution in [0.3, 0.4) is 0 Å². The van der Waals surface area contributed by atoms with Crippen molar-refractivity contribution in [1.29, 1.82) is 0 Å². The highest BCUT2D eigenvalue weighted by Gasteiger charge is 2.18. The molecule has 0 saturated heterocycles. The largest absolute Gasteiger partial charge is 0.480 e. The van der Waals surface area contributed by atoms with E-state index in [9.17, 15) is 14.0 Å². The number of hydrogen-bond acceptors (Lipinski definition) is 7. The zero-order chi connectivity index (χ0) is 22.4. The molecule has 2 aromatic heterocycles. The first kappa shape index (κ1) is 22.1. The van der Waals surface area contributed by atoms with Crippen LogP contribution in [0.4, 0.5) is 14.3 Å². The Morgan fingerprint density at radius 3 is 2.81 bits per heavy atom. The molecule has 9 nitrogen and oxygen atoms in total. The van der Waals surface area contributed by atoms with E-state index >= 15 is 0 Å². The van der Waals surface area contributed by atoms with E-state index in [-0.39, 0.29) is 30.7 Å². The number of aromatic nitrogens is 3. The normalized spacial score (nSPS) is 10.5. The van der Waals surface area contributed by atoms with E-state index in [2.05, 4.69) is 25.8 Å². The molecule has 2 heterocycles. The lowest BCUT2D eigenvalue weighted by Crippen LogP contribution is -2.28. The molecule has 11 heteroatoms. The van der Waals surface area contributed by atoms with Crippen LogP contribution in [0.25, 0.3) is 0 Å². The minimum Gasteiger partial charge on any atom is -0.480 e. The summed E-state index contributed by atoms with van der Waals surface area (Å²) in [5.74, 6) is -0.355. The molecular formula is C20H21FN6O3S. The summed E-state index contributed by atoms with van der Waals surface area (Å²) in [5.41, 5.74) is 2.15. The smallest absolute Gasteiger partial charge is 0.321 e. The maximum Gasteiger partial charge on any atom is 0.321 e. The molecule has 0 fully saturated rings. The minimum absolute atomic E-state index is 0.182. The zero-order valence-corrected chi connectivity index (χ0v) is 18.0. The number of methoxy groups -OCH3 is 1. The molecule has 0 spiro atoms. The summed E-state index contributed by atoms with van der Waals surface area (Å²) in [4.78, 5) is 30.6. The van der Waals surface area contributed by atoms with Gasteiger partial charge in [0.2, 0.25) is 5.88 Å². The van der Waals surface area contributed by atoms with Crippen LogP contribution in [0, 0.1) is 12.7 Å². The predicted octanol–water partition coefficient (Wildman–Crippen LogP) is 2.98. The van der Waals surface area contributed by atoms with Crippen LogP contribution < -0.4 is 15.4 Å². The summed E-state index contributed by atoms with van der Waals surface area (Å²) in [6, 6.07) is 7.07. The fourth-order valence-electron chi connectivity index (χ4n) is 2.68. The number of amides is 3. The Labute approximate surface area is 182 Å². The summed E-state index contributed by atoms with van der Waals surface area (Å²) in [7, 11) is 3.10. The van der Waals surface area contributed by atoms with E-state index in [1.807, 2.05) is 0 Å². The number of nitrogens with zero attached hydrogens (tertiary/aromatic N) is 4. The topological polar surface area (TPSA) is 109 Å². The van der Waals surface area contributed by atoms with Gasteiger partial charge >= 0.3 is 6.03 Å². The van der Waals surface area contributed by atoms with Crippen LogP contribution in [0.5, 0.6) is 5.88 Å². The van der Waals surface area contributed by atoms with Crippen molar-refractivity contribution in [3.63, 3.8) is 0 Å². The van der Waals surface area contributed by atoms with Crippen LogP contribution in [-0.4, -0.2) is 46.2 Å². The van der Waals surface area contributed by atoms with Crippen LogP contribution in [0.15, 0.2) is 35.7 Å². The van der Waals surface area contributed by atoms with Crippen molar-refractivity contribution in [2.75, 3.05) is 19.5 Å². The number of benzene rings is 1. The second-order valence-corrected chi connectivity index (χ2v) is 7.49. The van der Waals surface area contributed by atoms with Crippen LogP contribution in [0.2, 0.25) is 0 Å². The fourth-order valence-corrected chi connectivity index (χ4v) is 3.38. The summed E-state index contributed by atoms with van der Waals surface area (Å²) < 4.78 is 18.2. The van der Waals surface area contributed by atoms with Crippen molar-refractivity contribution >= 4 is 28.4 Å². The van der Waals surface area contributed by atoms with Gasteiger partial charge in [-0.25, -0.2) is 14.2 Å². The first-order valence-corrected chi connectivity index (χ1v) is 10.1. The molecule has 2 N–H and O–H groups in total. The number of rotatable bonds is 7. The number of carbonyl (C=O) groups excluding carboxylic acids is 2. The average molecular weight is 444 g/mol. The van der Waals surface area contributed by atoms with Crippen LogP contribution in [-0.2, 0) is 13.1 Å². The molecule has 1 aromatic carbocycles. The van der Waals surface area contributed by atoms with Crippen molar-refractivity contribution in [2.24, 2.45) is 0 Å². The molecule has 0 saturated carbocycles. The number of urea groups is 1. The van der Waals surface area contributed by atoms with Gasteiger partial charge in [-0.2, -0.15) is 5.10 Å². The van der Waals surface area contributed by atoms with Gasteiger partial charge in [0.05, 0.1) is 30.6 Å². The van der Waals surface area contributed by atoms with Crippen molar-refractivity contribution in [1.82, 2.24) is 25.4 Å². The molecule has 0 unspecified atom stereocenters. The molecule has 0 radical (unpaired) electrons.